The minimum atomic E-state index is -0.976. The summed E-state index contributed by atoms with van der Waals surface area (Å²) in [5, 5.41) is 0. The Morgan fingerprint density at radius 2 is 2.04 bits per heavy atom. The van der Waals surface area contributed by atoms with Crippen molar-refractivity contribution in [3.8, 4) is 0 Å². The number of nitrogens with zero attached hydrogens (tertiary/aromatic N) is 2. The minimum Gasteiger partial charge on any atom is -0.375 e. The molecule has 0 N–H and O–H groups in total. The number of rotatable bonds is 4. The average molecular weight is 382 g/mol. The van der Waals surface area contributed by atoms with Crippen LogP contribution >= 0.6 is 11.8 Å². The molecule has 2 aromatic rings. The zero-order valence-corrected chi connectivity index (χ0v) is 16.3. The molecule has 2 aliphatic heterocycles. The van der Waals surface area contributed by atoms with Crippen LogP contribution in [0.5, 0.6) is 0 Å². The summed E-state index contributed by atoms with van der Waals surface area (Å²) >= 11 is 1.54. The van der Waals surface area contributed by atoms with Gasteiger partial charge >= 0.3 is 0 Å². The van der Waals surface area contributed by atoms with Gasteiger partial charge in [0.2, 0.25) is 5.91 Å². The number of methoxy groups -OCH3 is 1. The number of aryl methyl sites for hydroxylation is 1. The van der Waals surface area contributed by atoms with Gasteiger partial charge in [0, 0.05) is 25.0 Å². The van der Waals surface area contributed by atoms with Gasteiger partial charge in [0.25, 0.3) is 5.91 Å². The highest BCUT2D eigenvalue weighted by atomic mass is 32.2. The number of carbonyl (C=O) groups is 2. The maximum absolute atomic E-state index is 13.7. The summed E-state index contributed by atoms with van der Waals surface area (Å²) in [5.74, 6) is 0.536. The first-order chi connectivity index (χ1) is 13.1. The normalized spacial score (nSPS) is 21.2. The van der Waals surface area contributed by atoms with E-state index in [2.05, 4.69) is 6.07 Å². The summed E-state index contributed by atoms with van der Waals surface area (Å²) < 4.78 is 5.05. The molecule has 2 aliphatic rings. The van der Waals surface area contributed by atoms with Gasteiger partial charge in [-0.3, -0.25) is 9.59 Å². The fourth-order valence-corrected chi connectivity index (χ4v) is 5.46. The fraction of sp³-hybridized carbons (Fsp3) is 0.333. The predicted octanol–water partition coefficient (Wildman–Crippen LogP) is 2.92. The molecule has 27 heavy (non-hydrogen) atoms. The minimum absolute atomic E-state index is 0.0182. The Morgan fingerprint density at radius 3 is 2.81 bits per heavy atom. The number of anilines is 1. The standard InChI is InChI=1S/C21H22N2O3S/c1-15-6-5-7-16(12-15)13-22-18-9-4-3-8-17(18)21(20(22)25)23(10-11-27-21)19(24)14-26-2/h3-9,12H,10-11,13-14H2,1-2H3/t21-/m0/s1. The van der Waals surface area contributed by atoms with Crippen LogP contribution in [-0.4, -0.2) is 42.7 Å². The molecule has 140 valence electrons. The molecular weight excluding hydrogens is 360 g/mol. The molecule has 0 unspecified atom stereocenters. The van der Waals surface area contributed by atoms with Crippen molar-refractivity contribution < 1.29 is 14.3 Å². The molecule has 1 atom stereocenters. The summed E-state index contributed by atoms with van der Waals surface area (Å²) in [6.45, 7) is 3.07. The van der Waals surface area contributed by atoms with E-state index in [-0.39, 0.29) is 18.4 Å². The van der Waals surface area contributed by atoms with Crippen molar-refractivity contribution in [3.63, 3.8) is 0 Å². The third-order valence-electron chi connectivity index (χ3n) is 5.09. The first-order valence-corrected chi connectivity index (χ1v) is 9.97. The highest BCUT2D eigenvalue weighted by molar-refractivity contribution is 8.01. The first-order valence-electron chi connectivity index (χ1n) is 8.98. The Hall–Kier alpha value is -2.31. The lowest BCUT2D eigenvalue weighted by atomic mass is 10.1. The summed E-state index contributed by atoms with van der Waals surface area (Å²) in [6.07, 6.45) is 0. The van der Waals surface area contributed by atoms with Crippen molar-refractivity contribution in [1.29, 1.82) is 0 Å². The number of benzene rings is 2. The van der Waals surface area contributed by atoms with Crippen LogP contribution in [0.3, 0.4) is 0 Å². The second-order valence-electron chi connectivity index (χ2n) is 6.87. The van der Waals surface area contributed by atoms with Crippen LogP contribution in [0.15, 0.2) is 48.5 Å². The lowest BCUT2D eigenvalue weighted by molar-refractivity contribution is -0.143. The lowest BCUT2D eigenvalue weighted by Crippen LogP contribution is -2.51. The summed E-state index contributed by atoms with van der Waals surface area (Å²) in [4.78, 5) is 28.9. The molecule has 6 heteroatoms. The maximum atomic E-state index is 13.7. The van der Waals surface area contributed by atoms with Crippen molar-refractivity contribution in [2.24, 2.45) is 0 Å². The zero-order chi connectivity index (χ0) is 19.0. The third kappa shape index (κ3) is 2.84. The largest absolute Gasteiger partial charge is 0.375 e. The Morgan fingerprint density at radius 1 is 1.22 bits per heavy atom. The number of amides is 2. The van der Waals surface area contributed by atoms with E-state index >= 15 is 0 Å². The zero-order valence-electron chi connectivity index (χ0n) is 15.5. The Labute approximate surface area is 163 Å². The number of fused-ring (bicyclic) bond motifs is 2. The Kier molecular flexibility index (Phi) is 4.70. The van der Waals surface area contributed by atoms with Crippen LogP contribution in [0.25, 0.3) is 0 Å². The second-order valence-corrected chi connectivity index (χ2v) is 8.16. The molecule has 0 radical (unpaired) electrons. The van der Waals surface area contributed by atoms with Crippen molar-refractivity contribution in [2.75, 3.05) is 30.9 Å². The molecule has 4 rings (SSSR count). The molecule has 5 nitrogen and oxygen atoms in total. The highest BCUT2D eigenvalue weighted by Crippen LogP contribution is 2.54. The van der Waals surface area contributed by atoms with Crippen molar-refractivity contribution >= 4 is 29.3 Å². The van der Waals surface area contributed by atoms with Crippen LogP contribution < -0.4 is 4.90 Å². The van der Waals surface area contributed by atoms with Gasteiger partial charge in [-0.05, 0) is 18.6 Å². The Balaban J connectivity index is 1.77. The lowest BCUT2D eigenvalue weighted by Gasteiger charge is -2.33. The molecule has 1 saturated heterocycles. The number of carbonyl (C=O) groups excluding carboxylic acids is 2. The van der Waals surface area contributed by atoms with Gasteiger partial charge in [0.15, 0.2) is 4.87 Å². The van der Waals surface area contributed by atoms with E-state index in [4.69, 9.17) is 4.74 Å². The van der Waals surface area contributed by atoms with E-state index in [1.54, 1.807) is 16.7 Å². The van der Waals surface area contributed by atoms with Crippen LogP contribution in [0.4, 0.5) is 5.69 Å². The third-order valence-corrected chi connectivity index (χ3v) is 6.51. The van der Waals surface area contributed by atoms with Gasteiger partial charge in [-0.25, -0.2) is 0 Å². The van der Waals surface area contributed by atoms with Gasteiger partial charge in [0.1, 0.15) is 6.61 Å². The molecule has 1 fully saturated rings. The monoisotopic (exact) mass is 382 g/mol. The number of thioether (sulfide) groups is 1. The molecule has 2 aromatic carbocycles. The van der Waals surface area contributed by atoms with Crippen molar-refractivity contribution in [1.82, 2.24) is 4.90 Å². The number of ether oxygens (including phenoxy) is 1. The van der Waals surface area contributed by atoms with Crippen molar-refractivity contribution in [2.45, 2.75) is 18.3 Å². The van der Waals surface area contributed by atoms with Crippen LogP contribution in [0.2, 0.25) is 0 Å². The predicted molar refractivity (Wildman–Crippen MR) is 107 cm³/mol. The van der Waals surface area contributed by atoms with E-state index in [9.17, 15) is 9.59 Å². The van der Waals surface area contributed by atoms with Crippen molar-refractivity contribution in [3.05, 3.63) is 65.2 Å². The topological polar surface area (TPSA) is 49.9 Å². The summed E-state index contributed by atoms with van der Waals surface area (Å²) in [6, 6.07) is 16.0. The van der Waals surface area contributed by atoms with Gasteiger partial charge in [-0.15, -0.1) is 11.8 Å². The number of para-hydroxylation sites is 1. The van der Waals surface area contributed by atoms with E-state index in [0.29, 0.717) is 13.1 Å². The molecule has 1 spiro atoms. The smallest absolute Gasteiger partial charge is 0.268 e. The number of hydrogen-bond acceptors (Lipinski definition) is 4. The summed E-state index contributed by atoms with van der Waals surface area (Å²) in [7, 11) is 1.50. The molecule has 0 aromatic heterocycles. The quantitative estimate of drug-likeness (QED) is 0.816. The summed E-state index contributed by atoms with van der Waals surface area (Å²) in [5.41, 5.74) is 4.02. The first kappa shape index (κ1) is 18.1. The molecule has 0 bridgehead atoms. The van der Waals surface area contributed by atoms with Crippen LogP contribution in [-0.2, 0) is 25.7 Å². The second kappa shape index (κ2) is 7.02. The molecule has 2 heterocycles. The average Bonchev–Trinajstić information content (AvgIpc) is 3.20. The van der Waals surface area contributed by atoms with E-state index in [1.807, 2.05) is 54.3 Å². The fourth-order valence-electron chi connectivity index (χ4n) is 3.98. The van der Waals surface area contributed by atoms with E-state index in [1.165, 1.54) is 7.11 Å². The van der Waals surface area contributed by atoms with Crippen LogP contribution in [0.1, 0.15) is 16.7 Å². The van der Waals surface area contributed by atoms with Gasteiger partial charge in [0.05, 0.1) is 12.2 Å². The Bertz CT molecular complexity index is 901. The van der Waals surface area contributed by atoms with Gasteiger partial charge in [-0.1, -0.05) is 48.0 Å². The van der Waals surface area contributed by atoms with Gasteiger partial charge < -0.3 is 14.5 Å². The van der Waals surface area contributed by atoms with Gasteiger partial charge in [-0.2, -0.15) is 0 Å². The molecule has 0 saturated carbocycles. The molecular formula is C21H22N2O3S. The van der Waals surface area contributed by atoms with E-state index in [0.717, 1.165) is 28.1 Å². The van der Waals surface area contributed by atoms with E-state index < -0.39 is 4.87 Å². The molecule has 2 amide bonds. The molecule has 0 aliphatic carbocycles. The number of hydrogen-bond donors (Lipinski definition) is 0. The maximum Gasteiger partial charge on any atom is 0.268 e. The van der Waals surface area contributed by atoms with Crippen LogP contribution in [0, 0.1) is 6.92 Å². The SMILES string of the molecule is COCC(=O)N1CCS[C@@]12C(=O)N(Cc1cccc(C)c1)c1ccccc12. The highest BCUT2D eigenvalue weighted by Gasteiger charge is 2.59.